The van der Waals surface area contributed by atoms with Gasteiger partial charge in [0.05, 0.1) is 58.2 Å². The molecule has 35 heavy (non-hydrogen) atoms. The normalized spacial score (nSPS) is 13.3. The van der Waals surface area contributed by atoms with Crippen LogP contribution in [0.25, 0.3) is 0 Å². The first-order valence-corrected chi connectivity index (χ1v) is 16.9. The number of nitrogens with zero attached hydrogens (tertiary/aromatic N) is 1. The van der Waals surface area contributed by atoms with Gasteiger partial charge in [0, 0.05) is 20.1 Å². The maximum Gasteiger partial charge on any atom is 0.261 e. The highest BCUT2D eigenvalue weighted by Crippen LogP contribution is 2.12. The molecule has 0 aromatic carbocycles. The molecule has 1 unspecified atom stereocenters. The first-order chi connectivity index (χ1) is 16.2. The third-order valence-corrected chi connectivity index (χ3v) is 7.29. The van der Waals surface area contributed by atoms with Crippen molar-refractivity contribution in [1.82, 2.24) is 0 Å². The maximum absolute atomic E-state index is 12.3. The van der Waals surface area contributed by atoms with E-state index in [0.717, 1.165) is 17.4 Å². The van der Waals surface area contributed by atoms with Crippen LogP contribution in [0.4, 0.5) is 0 Å². The third kappa shape index (κ3) is 36.0. The van der Waals surface area contributed by atoms with Crippen LogP contribution in [-0.2, 0) is 29.4 Å². The zero-order chi connectivity index (χ0) is 27.2. The molecule has 1 atom stereocenters. The lowest BCUT2D eigenvalue weighted by Gasteiger charge is -2.23. The van der Waals surface area contributed by atoms with E-state index in [0.29, 0.717) is 25.9 Å². The van der Waals surface area contributed by atoms with E-state index >= 15 is 0 Å². The van der Waals surface area contributed by atoms with Gasteiger partial charge in [-0.25, -0.2) is 8.42 Å². The highest BCUT2D eigenvalue weighted by molar-refractivity contribution is 7.91. The number of ether oxygens (including phenoxy) is 2. The Kier molecular flexibility index (Phi) is 23.0. The summed E-state index contributed by atoms with van der Waals surface area (Å²) >= 11 is 0. The second-order valence-electron chi connectivity index (χ2n) is 10.5. The summed E-state index contributed by atoms with van der Waals surface area (Å²) in [5.41, 5.74) is 0. The topological polar surface area (TPSA) is 107 Å². The Hall–Kier alpha value is -0.260. The third-order valence-electron chi connectivity index (χ3n) is 5.50. The number of hydrogen-bond donors (Lipinski definition) is 1. The van der Waals surface area contributed by atoms with E-state index in [-0.39, 0.29) is 17.6 Å². The Morgan fingerprint density at radius 3 is 1.60 bits per heavy atom. The summed E-state index contributed by atoms with van der Waals surface area (Å²) in [6.07, 6.45) is 16.9. The van der Waals surface area contributed by atoms with E-state index in [2.05, 4.69) is 28.1 Å². The van der Waals surface area contributed by atoms with E-state index in [1.165, 1.54) is 70.6 Å². The summed E-state index contributed by atoms with van der Waals surface area (Å²) in [7, 11) is 1.03. The fourth-order valence-corrected chi connectivity index (χ4v) is 5.10. The largest absolute Gasteiger partial charge is 0.379 e. The molecule has 0 aromatic heterocycles. The molecule has 0 heterocycles. The van der Waals surface area contributed by atoms with Crippen LogP contribution in [0.2, 0.25) is 0 Å². The standard InChI is InChI=1S/C24H52NO4S.CH4O3S/c1-6-7-8-9-10-11-12-13-14-15-16-17-20-29-22-24(28-5)23-30(26,27)21-18-19-25(2,3)4;1-5(2,3)4/h24H,6-23H2,1-5H3;1H3,(H,2,3,4)/q+1;. The first kappa shape index (κ1) is 36.9. The number of sulfone groups is 1. The SMILES string of the molecule is CCCCCCCCCCCCCCOCC(CS(=O)(=O)CCC[N+](C)(C)C)OC.CS(=O)(=O)O. The Labute approximate surface area is 217 Å². The Bertz CT molecular complexity index is 666. The molecule has 0 saturated heterocycles. The maximum atomic E-state index is 12.3. The van der Waals surface area contributed by atoms with Crippen molar-refractivity contribution in [3.05, 3.63) is 0 Å². The van der Waals surface area contributed by atoms with Gasteiger partial charge in [-0.1, -0.05) is 77.6 Å². The second kappa shape index (κ2) is 21.8. The number of hydrogen-bond acceptors (Lipinski definition) is 6. The van der Waals surface area contributed by atoms with Gasteiger partial charge in [-0.15, -0.1) is 0 Å². The molecule has 0 bridgehead atoms. The summed E-state index contributed by atoms with van der Waals surface area (Å²) in [5.74, 6) is 0.278. The van der Waals surface area contributed by atoms with Crippen LogP contribution >= 0.6 is 0 Å². The highest BCUT2D eigenvalue weighted by Gasteiger charge is 2.20. The zero-order valence-corrected chi connectivity index (χ0v) is 25.1. The minimum absolute atomic E-state index is 0.0547. The quantitative estimate of drug-likeness (QED) is 0.119. The van der Waals surface area contributed by atoms with Crippen molar-refractivity contribution in [2.75, 3.05) is 65.8 Å². The fraction of sp³-hybridized carbons (Fsp3) is 1.00. The van der Waals surface area contributed by atoms with Crippen molar-refractivity contribution in [2.24, 2.45) is 0 Å². The molecule has 1 N–H and O–H groups in total. The van der Waals surface area contributed by atoms with Gasteiger partial charge in [0.15, 0.2) is 9.84 Å². The van der Waals surface area contributed by atoms with Crippen molar-refractivity contribution in [3.8, 4) is 0 Å². The van der Waals surface area contributed by atoms with Crippen molar-refractivity contribution < 1.29 is 35.3 Å². The van der Waals surface area contributed by atoms with Crippen LogP contribution in [0, 0.1) is 0 Å². The first-order valence-electron chi connectivity index (χ1n) is 13.2. The van der Waals surface area contributed by atoms with E-state index in [4.69, 9.17) is 14.0 Å². The molecule has 0 rings (SSSR count). The van der Waals surface area contributed by atoms with E-state index < -0.39 is 20.0 Å². The van der Waals surface area contributed by atoms with Crippen LogP contribution in [0.1, 0.15) is 90.4 Å². The zero-order valence-electron chi connectivity index (χ0n) is 23.5. The average molecular weight is 547 g/mol. The summed E-state index contributed by atoms with van der Waals surface area (Å²) < 4.78 is 62.3. The number of rotatable bonds is 22. The van der Waals surface area contributed by atoms with Gasteiger partial charge in [0.2, 0.25) is 0 Å². The van der Waals surface area contributed by atoms with Crippen LogP contribution in [0.15, 0.2) is 0 Å². The molecule has 0 amide bonds. The van der Waals surface area contributed by atoms with Crippen molar-refractivity contribution in [1.29, 1.82) is 0 Å². The predicted molar refractivity (Wildman–Crippen MR) is 146 cm³/mol. The summed E-state index contributed by atoms with van der Waals surface area (Å²) in [4.78, 5) is 0. The molecule has 0 aliphatic carbocycles. The van der Waals surface area contributed by atoms with E-state index in [1.807, 2.05) is 0 Å². The Balaban J connectivity index is 0. The molecule has 0 radical (unpaired) electrons. The molecular formula is C25H56NO7S2+. The van der Waals surface area contributed by atoms with Crippen molar-refractivity contribution >= 4 is 20.0 Å². The summed E-state index contributed by atoms with van der Waals surface area (Å²) in [5, 5.41) is 0. The van der Waals surface area contributed by atoms with Crippen LogP contribution in [-0.4, -0.2) is 97.7 Å². The predicted octanol–water partition coefficient (Wildman–Crippen LogP) is 4.73. The summed E-state index contributed by atoms with van der Waals surface area (Å²) in [6.45, 7) is 4.18. The van der Waals surface area contributed by atoms with Crippen LogP contribution in [0.3, 0.4) is 0 Å². The van der Waals surface area contributed by atoms with Gasteiger partial charge < -0.3 is 14.0 Å². The smallest absolute Gasteiger partial charge is 0.261 e. The Morgan fingerprint density at radius 2 is 1.20 bits per heavy atom. The molecule has 0 aromatic rings. The number of unbranched alkanes of at least 4 members (excludes halogenated alkanes) is 11. The van der Waals surface area contributed by atoms with E-state index in [1.54, 1.807) is 7.11 Å². The Morgan fingerprint density at radius 1 is 0.771 bits per heavy atom. The molecule has 214 valence electrons. The van der Waals surface area contributed by atoms with Gasteiger partial charge in [0.1, 0.15) is 0 Å². The number of quaternary nitrogens is 1. The van der Waals surface area contributed by atoms with Gasteiger partial charge in [-0.2, -0.15) is 8.42 Å². The van der Waals surface area contributed by atoms with Gasteiger partial charge >= 0.3 is 0 Å². The molecule has 10 heteroatoms. The second-order valence-corrected chi connectivity index (χ2v) is 14.2. The summed E-state index contributed by atoms with van der Waals surface area (Å²) in [6, 6.07) is 0. The molecule has 0 aliphatic heterocycles. The number of methoxy groups -OCH3 is 1. The van der Waals surface area contributed by atoms with Crippen molar-refractivity contribution in [3.63, 3.8) is 0 Å². The molecule has 8 nitrogen and oxygen atoms in total. The molecule has 0 saturated carbocycles. The lowest BCUT2D eigenvalue weighted by atomic mass is 10.1. The fourth-order valence-electron chi connectivity index (χ4n) is 3.57. The molecular weight excluding hydrogens is 490 g/mol. The lowest BCUT2D eigenvalue weighted by molar-refractivity contribution is -0.870. The van der Waals surface area contributed by atoms with E-state index in [9.17, 15) is 16.8 Å². The lowest BCUT2D eigenvalue weighted by Crippen LogP contribution is -2.37. The van der Waals surface area contributed by atoms with Gasteiger partial charge in [-0.3, -0.25) is 4.55 Å². The minimum Gasteiger partial charge on any atom is -0.379 e. The van der Waals surface area contributed by atoms with Crippen LogP contribution < -0.4 is 0 Å². The highest BCUT2D eigenvalue weighted by atomic mass is 32.2. The average Bonchev–Trinajstić information content (AvgIpc) is 2.70. The molecule has 0 spiro atoms. The monoisotopic (exact) mass is 546 g/mol. The van der Waals surface area contributed by atoms with Crippen molar-refractivity contribution in [2.45, 2.75) is 96.5 Å². The minimum atomic E-state index is -3.67. The van der Waals surface area contributed by atoms with Gasteiger partial charge in [-0.05, 0) is 6.42 Å². The van der Waals surface area contributed by atoms with Crippen LogP contribution in [0.5, 0.6) is 0 Å². The molecule has 0 fully saturated rings. The van der Waals surface area contributed by atoms with Gasteiger partial charge in [0.25, 0.3) is 10.1 Å². The molecule has 0 aliphatic rings.